The summed E-state index contributed by atoms with van der Waals surface area (Å²) in [6.07, 6.45) is -4.52. The van der Waals surface area contributed by atoms with Gasteiger partial charge in [-0.15, -0.1) is 0 Å². The lowest BCUT2D eigenvalue weighted by Gasteiger charge is -2.32. The molecule has 9 heteroatoms. The lowest BCUT2D eigenvalue weighted by Crippen LogP contribution is -2.44. The first-order valence-electron chi connectivity index (χ1n) is 6.24. The van der Waals surface area contributed by atoms with Crippen molar-refractivity contribution in [2.75, 3.05) is 18.8 Å². The fourth-order valence-electron chi connectivity index (χ4n) is 2.28. The van der Waals surface area contributed by atoms with Crippen LogP contribution < -0.4 is 5.73 Å². The molecule has 1 aromatic rings. The Kier molecular flexibility index (Phi) is 4.16. The van der Waals surface area contributed by atoms with Crippen molar-refractivity contribution >= 4 is 15.7 Å². The lowest BCUT2D eigenvalue weighted by molar-refractivity contribution is -0.182. The van der Waals surface area contributed by atoms with Crippen molar-refractivity contribution in [3.63, 3.8) is 0 Å². The van der Waals surface area contributed by atoms with Crippen LogP contribution >= 0.6 is 0 Å². The van der Waals surface area contributed by atoms with Gasteiger partial charge < -0.3 is 5.73 Å². The summed E-state index contributed by atoms with van der Waals surface area (Å²) in [4.78, 5) is -0.690. The molecule has 0 bridgehead atoms. The highest BCUT2D eigenvalue weighted by Crippen LogP contribution is 2.35. The number of sulfonamides is 1. The topological polar surface area (TPSA) is 63.4 Å². The second-order valence-electron chi connectivity index (χ2n) is 4.93. The first-order valence-corrected chi connectivity index (χ1v) is 7.68. The Bertz CT molecular complexity index is 631. The van der Waals surface area contributed by atoms with Crippen LogP contribution in [0.5, 0.6) is 0 Å². The lowest BCUT2D eigenvalue weighted by atomic mass is 9.99. The zero-order chi connectivity index (χ0) is 15.8. The highest BCUT2D eigenvalue weighted by Gasteiger charge is 2.44. The van der Waals surface area contributed by atoms with Crippen molar-refractivity contribution in [1.82, 2.24) is 4.31 Å². The van der Waals surface area contributed by atoms with Crippen molar-refractivity contribution in [3.8, 4) is 0 Å². The van der Waals surface area contributed by atoms with E-state index in [0.29, 0.717) is 4.31 Å². The Hall–Kier alpha value is -1.35. The van der Waals surface area contributed by atoms with Gasteiger partial charge in [-0.25, -0.2) is 12.8 Å². The molecule has 2 rings (SSSR count). The minimum absolute atomic E-state index is 0.0272. The number of hydrogen-bond acceptors (Lipinski definition) is 3. The van der Waals surface area contributed by atoms with Gasteiger partial charge in [0.1, 0.15) is 10.7 Å². The maximum Gasteiger partial charge on any atom is 0.393 e. The third-order valence-corrected chi connectivity index (χ3v) is 5.30. The number of alkyl halides is 3. The van der Waals surface area contributed by atoms with E-state index in [1.54, 1.807) is 0 Å². The molecule has 21 heavy (non-hydrogen) atoms. The average Bonchev–Trinajstić information content (AvgIpc) is 2.40. The van der Waals surface area contributed by atoms with Crippen molar-refractivity contribution in [1.29, 1.82) is 0 Å². The highest BCUT2D eigenvalue weighted by molar-refractivity contribution is 7.89. The number of anilines is 1. The number of halogens is 4. The zero-order valence-electron chi connectivity index (χ0n) is 10.9. The van der Waals surface area contributed by atoms with Gasteiger partial charge in [0.05, 0.1) is 5.92 Å². The Labute approximate surface area is 119 Å². The maximum atomic E-state index is 13.7. The predicted molar refractivity (Wildman–Crippen MR) is 68.4 cm³/mol. The zero-order valence-corrected chi connectivity index (χ0v) is 11.7. The summed E-state index contributed by atoms with van der Waals surface area (Å²) >= 11 is 0. The minimum atomic E-state index is -4.47. The standard InChI is InChI=1S/C12H14F4N2O2S/c13-10-4-3-9(17)6-11(10)21(19,20)18-5-1-2-8(7-18)12(14,15)16/h3-4,6,8H,1-2,5,7,17H2. The molecule has 1 aliphatic rings. The number of nitrogens with zero attached hydrogens (tertiary/aromatic N) is 1. The summed E-state index contributed by atoms with van der Waals surface area (Å²) in [7, 11) is -4.33. The van der Waals surface area contributed by atoms with E-state index in [0.717, 1.165) is 12.1 Å². The molecule has 0 radical (unpaired) electrons. The number of nitrogens with two attached hydrogens (primary N) is 1. The van der Waals surface area contributed by atoms with E-state index in [2.05, 4.69) is 0 Å². The summed E-state index contributed by atoms with van der Waals surface area (Å²) < 4.78 is 77.1. The predicted octanol–water partition coefficient (Wildman–Crippen LogP) is 2.37. The fraction of sp³-hybridized carbons (Fsp3) is 0.500. The van der Waals surface area contributed by atoms with Gasteiger partial charge in [-0.05, 0) is 31.0 Å². The van der Waals surface area contributed by atoms with Crippen LogP contribution in [-0.2, 0) is 10.0 Å². The Morgan fingerprint density at radius 1 is 1.29 bits per heavy atom. The molecule has 0 aliphatic carbocycles. The second-order valence-corrected chi connectivity index (χ2v) is 6.84. The second kappa shape index (κ2) is 5.45. The number of piperidine rings is 1. The van der Waals surface area contributed by atoms with E-state index >= 15 is 0 Å². The van der Waals surface area contributed by atoms with Crippen molar-refractivity contribution in [2.24, 2.45) is 5.92 Å². The van der Waals surface area contributed by atoms with E-state index in [1.165, 1.54) is 6.07 Å². The number of rotatable bonds is 2. The van der Waals surface area contributed by atoms with Gasteiger partial charge in [0.2, 0.25) is 10.0 Å². The number of nitrogen functional groups attached to an aromatic ring is 1. The van der Waals surface area contributed by atoms with E-state index in [1.807, 2.05) is 0 Å². The summed E-state index contributed by atoms with van der Waals surface area (Å²) in [5.74, 6) is -2.76. The molecule has 1 heterocycles. The third-order valence-electron chi connectivity index (χ3n) is 3.42. The maximum absolute atomic E-state index is 13.7. The largest absolute Gasteiger partial charge is 0.399 e. The molecular formula is C12H14F4N2O2S. The molecule has 4 nitrogen and oxygen atoms in total. The van der Waals surface area contributed by atoms with Crippen LogP contribution in [0.1, 0.15) is 12.8 Å². The third kappa shape index (κ3) is 3.29. The van der Waals surface area contributed by atoms with Crippen LogP contribution in [0.2, 0.25) is 0 Å². The molecule has 0 amide bonds. The first kappa shape index (κ1) is 16.0. The molecule has 1 unspecified atom stereocenters. The monoisotopic (exact) mass is 326 g/mol. The Morgan fingerprint density at radius 3 is 2.57 bits per heavy atom. The molecule has 1 saturated heterocycles. The summed E-state index contributed by atoms with van der Waals surface area (Å²) in [5, 5.41) is 0. The van der Waals surface area contributed by atoms with Gasteiger partial charge in [0, 0.05) is 18.8 Å². The number of hydrogen-bond donors (Lipinski definition) is 1. The van der Waals surface area contributed by atoms with Gasteiger partial charge in [-0.3, -0.25) is 0 Å². The van der Waals surface area contributed by atoms with Crippen molar-refractivity contribution in [2.45, 2.75) is 23.9 Å². The molecule has 1 aliphatic heterocycles. The smallest absolute Gasteiger partial charge is 0.393 e. The minimum Gasteiger partial charge on any atom is -0.399 e. The van der Waals surface area contributed by atoms with Crippen LogP contribution in [0.15, 0.2) is 23.1 Å². The molecule has 0 saturated carbocycles. The van der Waals surface area contributed by atoms with E-state index in [4.69, 9.17) is 5.73 Å². The van der Waals surface area contributed by atoms with Crippen molar-refractivity contribution in [3.05, 3.63) is 24.0 Å². The quantitative estimate of drug-likeness (QED) is 0.670. The van der Waals surface area contributed by atoms with E-state index in [-0.39, 0.29) is 25.1 Å². The summed E-state index contributed by atoms with van der Waals surface area (Å²) in [6, 6.07) is 2.98. The van der Waals surface area contributed by atoms with E-state index in [9.17, 15) is 26.0 Å². The molecule has 1 fully saturated rings. The van der Waals surface area contributed by atoms with Gasteiger partial charge in [0.15, 0.2) is 0 Å². The van der Waals surface area contributed by atoms with Crippen LogP contribution in [0.4, 0.5) is 23.2 Å². The number of benzene rings is 1. The summed E-state index contributed by atoms with van der Waals surface area (Å²) in [6.45, 7) is -0.761. The highest BCUT2D eigenvalue weighted by atomic mass is 32.2. The van der Waals surface area contributed by atoms with Crippen LogP contribution in [-0.4, -0.2) is 32.0 Å². The molecule has 1 aromatic carbocycles. The molecule has 118 valence electrons. The Balaban J connectivity index is 2.33. The van der Waals surface area contributed by atoms with Crippen LogP contribution in [0, 0.1) is 11.7 Å². The van der Waals surface area contributed by atoms with Gasteiger partial charge in [-0.1, -0.05) is 0 Å². The SMILES string of the molecule is Nc1ccc(F)c(S(=O)(=O)N2CCCC(C(F)(F)F)C2)c1. The van der Waals surface area contributed by atoms with Gasteiger partial charge in [-0.2, -0.15) is 17.5 Å². The normalized spacial score (nSPS) is 21.4. The first-order chi connectivity index (χ1) is 9.62. The van der Waals surface area contributed by atoms with Gasteiger partial charge in [0.25, 0.3) is 0 Å². The summed E-state index contributed by atoms with van der Waals surface area (Å²) in [5.41, 5.74) is 5.45. The average molecular weight is 326 g/mol. The van der Waals surface area contributed by atoms with Gasteiger partial charge >= 0.3 is 6.18 Å². The van der Waals surface area contributed by atoms with Crippen LogP contribution in [0.25, 0.3) is 0 Å². The van der Waals surface area contributed by atoms with Crippen LogP contribution in [0.3, 0.4) is 0 Å². The molecular weight excluding hydrogens is 312 g/mol. The van der Waals surface area contributed by atoms with Crippen molar-refractivity contribution < 1.29 is 26.0 Å². The van der Waals surface area contributed by atoms with E-state index < -0.39 is 39.4 Å². The molecule has 2 N–H and O–H groups in total. The molecule has 0 aromatic heterocycles. The Morgan fingerprint density at radius 2 is 1.95 bits per heavy atom. The molecule has 0 spiro atoms. The fourth-order valence-corrected chi connectivity index (χ4v) is 3.91. The molecule has 1 atom stereocenters.